The number of halogens is 1. The lowest BCUT2D eigenvalue weighted by Gasteiger charge is -2.13. The number of aliphatic carboxylic acids is 1. The SMILES string of the molecule is CN[C@@H](COc1ccccc1Cl)C(=O)O. The molecular formula is C10H12ClNO3. The lowest BCUT2D eigenvalue weighted by Crippen LogP contribution is -2.39. The summed E-state index contributed by atoms with van der Waals surface area (Å²) in [6.07, 6.45) is 0. The van der Waals surface area contributed by atoms with Crippen LogP contribution in [-0.4, -0.2) is 30.8 Å². The van der Waals surface area contributed by atoms with E-state index >= 15 is 0 Å². The molecule has 0 saturated heterocycles. The Hall–Kier alpha value is -1.26. The van der Waals surface area contributed by atoms with Gasteiger partial charge in [0.05, 0.1) is 5.02 Å². The smallest absolute Gasteiger partial charge is 0.324 e. The van der Waals surface area contributed by atoms with Gasteiger partial charge in [-0.05, 0) is 19.2 Å². The first kappa shape index (κ1) is 11.8. The molecule has 0 bridgehead atoms. The Balaban J connectivity index is 2.56. The van der Waals surface area contributed by atoms with Gasteiger partial charge in [0, 0.05) is 0 Å². The third-order valence-corrected chi connectivity index (χ3v) is 2.20. The lowest BCUT2D eigenvalue weighted by atomic mass is 10.3. The van der Waals surface area contributed by atoms with Crippen molar-refractivity contribution < 1.29 is 14.6 Å². The van der Waals surface area contributed by atoms with Crippen molar-refractivity contribution in [3.05, 3.63) is 29.3 Å². The van der Waals surface area contributed by atoms with Gasteiger partial charge in [0.1, 0.15) is 18.4 Å². The maximum atomic E-state index is 10.7. The third kappa shape index (κ3) is 3.42. The molecule has 1 aromatic carbocycles. The minimum Gasteiger partial charge on any atom is -0.490 e. The highest BCUT2D eigenvalue weighted by molar-refractivity contribution is 6.32. The second kappa shape index (κ2) is 5.58. The van der Waals surface area contributed by atoms with Crippen LogP contribution >= 0.6 is 11.6 Å². The Morgan fingerprint density at radius 1 is 1.60 bits per heavy atom. The summed E-state index contributed by atoms with van der Waals surface area (Å²) in [5.74, 6) is -0.467. The van der Waals surface area contributed by atoms with Gasteiger partial charge in [0.2, 0.25) is 0 Å². The average Bonchev–Trinajstić information content (AvgIpc) is 2.21. The maximum Gasteiger partial charge on any atom is 0.324 e. The number of hydrogen-bond donors (Lipinski definition) is 2. The van der Waals surface area contributed by atoms with Crippen LogP contribution in [-0.2, 0) is 4.79 Å². The molecule has 0 unspecified atom stereocenters. The summed E-state index contributed by atoms with van der Waals surface area (Å²) in [4.78, 5) is 10.7. The van der Waals surface area contributed by atoms with Gasteiger partial charge in [-0.2, -0.15) is 0 Å². The van der Waals surface area contributed by atoms with E-state index in [1.54, 1.807) is 31.3 Å². The molecule has 1 aromatic rings. The summed E-state index contributed by atoms with van der Waals surface area (Å²) in [7, 11) is 1.56. The molecule has 1 atom stereocenters. The predicted molar refractivity (Wildman–Crippen MR) is 57.4 cm³/mol. The molecule has 0 fully saturated rings. The van der Waals surface area contributed by atoms with Crippen molar-refractivity contribution >= 4 is 17.6 Å². The fourth-order valence-electron chi connectivity index (χ4n) is 1.01. The Labute approximate surface area is 92.8 Å². The topological polar surface area (TPSA) is 58.6 Å². The van der Waals surface area contributed by atoms with Crippen LogP contribution in [0.3, 0.4) is 0 Å². The number of hydrogen-bond acceptors (Lipinski definition) is 3. The van der Waals surface area contributed by atoms with Crippen molar-refractivity contribution in [3.8, 4) is 5.75 Å². The molecular weight excluding hydrogens is 218 g/mol. The number of para-hydroxylation sites is 1. The number of likely N-dealkylation sites (N-methyl/N-ethyl adjacent to an activating group) is 1. The fraction of sp³-hybridized carbons (Fsp3) is 0.300. The Bertz CT molecular complexity index is 343. The van der Waals surface area contributed by atoms with Crippen LogP contribution in [0.1, 0.15) is 0 Å². The van der Waals surface area contributed by atoms with E-state index in [4.69, 9.17) is 21.4 Å². The van der Waals surface area contributed by atoms with Gasteiger partial charge in [-0.1, -0.05) is 23.7 Å². The normalized spacial score (nSPS) is 12.1. The summed E-state index contributed by atoms with van der Waals surface area (Å²) in [5.41, 5.74) is 0. The number of carboxylic acids is 1. The van der Waals surface area contributed by atoms with Crippen molar-refractivity contribution in [2.24, 2.45) is 0 Å². The van der Waals surface area contributed by atoms with E-state index in [2.05, 4.69) is 5.32 Å². The standard InChI is InChI=1S/C10H12ClNO3/c1-12-8(10(13)14)6-15-9-5-3-2-4-7(9)11/h2-5,8,12H,6H2,1H3,(H,13,14)/t8-/m0/s1. The van der Waals surface area contributed by atoms with Crippen LogP contribution in [0.25, 0.3) is 0 Å². The molecule has 2 N–H and O–H groups in total. The van der Waals surface area contributed by atoms with E-state index in [0.717, 1.165) is 0 Å². The molecule has 0 aliphatic heterocycles. The first-order valence-electron chi connectivity index (χ1n) is 4.42. The fourth-order valence-corrected chi connectivity index (χ4v) is 1.20. The van der Waals surface area contributed by atoms with E-state index in [1.165, 1.54) is 0 Å². The van der Waals surface area contributed by atoms with Gasteiger partial charge < -0.3 is 15.2 Å². The van der Waals surface area contributed by atoms with E-state index in [0.29, 0.717) is 10.8 Å². The first-order chi connectivity index (χ1) is 7.15. The quantitative estimate of drug-likeness (QED) is 0.801. The van der Waals surface area contributed by atoms with Crippen LogP contribution in [0.5, 0.6) is 5.75 Å². The molecule has 0 spiro atoms. The molecule has 0 aliphatic rings. The second-order valence-corrected chi connectivity index (χ2v) is 3.33. The summed E-state index contributed by atoms with van der Waals surface area (Å²) in [6, 6.07) is 6.20. The molecule has 4 nitrogen and oxygen atoms in total. The van der Waals surface area contributed by atoms with Gasteiger partial charge in [-0.15, -0.1) is 0 Å². The van der Waals surface area contributed by atoms with Gasteiger partial charge in [0.25, 0.3) is 0 Å². The molecule has 1 rings (SSSR count). The van der Waals surface area contributed by atoms with Gasteiger partial charge in [-0.3, -0.25) is 4.79 Å². The zero-order valence-electron chi connectivity index (χ0n) is 8.24. The number of nitrogens with one attached hydrogen (secondary N) is 1. The highest BCUT2D eigenvalue weighted by Crippen LogP contribution is 2.22. The number of rotatable bonds is 5. The maximum absolute atomic E-state index is 10.7. The Kier molecular flexibility index (Phi) is 4.39. The van der Waals surface area contributed by atoms with Crippen molar-refractivity contribution in [1.82, 2.24) is 5.32 Å². The van der Waals surface area contributed by atoms with Crippen molar-refractivity contribution in [2.45, 2.75) is 6.04 Å². The lowest BCUT2D eigenvalue weighted by molar-refractivity contribution is -0.140. The molecule has 15 heavy (non-hydrogen) atoms. The zero-order valence-corrected chi connectivity index (χ0v) is 8.99. The van der Waals surface area contributed by atoms with Crippen LogP contribution in [0.2, 0.25) is 5.02 Å². The van der Waals surface area contributed by atoms with E-state index < -0.39 is 12.0 Å². The molecule has 82 valence electrons. The molecule has 0 aromatic heterocycles. The number of carboxylic acid groups (broad SMARTS) is 1. The Morgan fingerprint density at radius 2 is 2.27 bits per heavy atom. The Morgan fingerprint density at radius 3 is 2.80 bits per heavy atom. The first-order valence-corrected chi connectivity index (χ1v) is 4.80. The van der Waals surface area contributed by atoms with E-state index in [9.17, 15) is 4.79 Å². The van der Waals surface area contributed by atoms with E-state index in [-0.39, 0.29) is 6.61 Å². The number of benzene rings is 1. The van der Waals surface area contributed by atoms with Crippen molar-refractivity contribution in [3.63, 3.8) is 0 Å². The molecule has 0 saturated carbocycles. The van der Waals surface area contributed by atoms with Crippen molar-refractivity contribution in [1.29, 1.82) is 0 Å². The van der Waals surface area contributed by atoms with Crippen molar-refractivity contribution in [2.75, 3.05) is 13.7 Å². The zero-order chi connectivity index (χ0) is 11.3. The second-order valence-electron chi connectivity index (χ2n) is 2.92. The summed E-state index contributed by atoms with van der Waals surface area (Å²) in [6.45, 7) is 0.0373. The van der Waals surface area contributed by atoms with Crippen LogP contribution in [0.4, 0.5) is 0 Å². The van der Waals surface area contributed by atoms with Gasteiger partial charge in [-0.25, -0.2) is 0 Å². The largest absolute Gasteiger partial charge is 0.490 e. The summed E-state index contributed by atoms with van der Waals surface area (Å²) < 4.78 is 5.28. The summed E-state index contributed by atoms with van der Waals surface area (Å²) >= 11 is 5.84. The molecule has 0 heterocycles. The highest BCUT2D eigenvalue weighted by Gasteiger charge is 2.15. The minimum atomic E-state index is -0.954. The number of carbonyl (C=O) groups is 1. The van der Waals surface area contributed by atoms with Gasteiger partial charge >= 0.3 is 5.97 Å². The molecule has 0 radical (unpaired) electrons. The van der Waals surface area contributed by atoms with E-state index in [1.807, 2.05) is 0 Å². The van der Waals surface area contributed by atoms with Gasteiger partial charge in [0.15, 0.2) is 0 Å². The predicted octanol–water partition coefficient (Wildman–Crippen LogP) is 1.39. The third-order valence-electron chi connectivity index (χ3n) is 1.89. The monoisotopic (exact) mass is 229 g/mol. The molecule has 0 amide bonds. The average molecular weight is 230 g/mol. The minimum absolute atomic E-state index is 0.0373. The molecule has 5 heteroatoms. The highest BCUT2D eigenvalue weighted by atomic mass is 35.5. The molecule has 0 aliphatic carbocycles. The van der Waals surface area contributed by atoms with Crippen LogP contribution in [0, 0.1) is 0 Å². The summed E-state index contributed by atoms with van der Waals surface area (Å²) in [5, 5.41) is 11.8. The van der Waals surface area contributed by atoms with Crippen LogP contribution in [0.15, 0.2) is 24.3 Å². The van der Waals surface area contributed by atoms with Crippen LogP contribution < -0.4 is 10.1 Å². The number of ether oxygens (including phenoxy) is 1.